The highest BCUT2D eigenvalue weighted by Gasteiger charge is 2.39. The lowest BCUT2D eigenvalue weighted by molar-refractivity contribution is 0.660. The molecule has 0 atom stereocenters. The monoisotopic (exact) mass is 954 g/mol. The number of fused-ring (bicyclic) bond motifs is 21. The molecule has 0 aliphatic heterocycles. The van der Waals surface area contributed by atoms with Gasteiger partial charge >= 0.3 is 0 Å². The first-order chi connectivity index (χ1) is 36.4. The molecule has 13 aromatic rings. The zero-order chi connectivity index (χ0) is 50.3. The Morgan fingerprint density at radius 2 is 0.373 bits per heavy atom. The summed E-state index contributed by atoms with van der Waals surface area (Å²) >= 11 is 0. The lowest BCUT2D eigenvalue weighted by Crippen LogP contribution is -2.15. The Balaban J connectivity index is 0.706. The zero-order valence-corrected chi connectivity index (χ0v) is 43.3. The maximum absolute atomic E-state index is 2.51. The van der Waals surface area contributed by atoms with E-state index in [0.717, 1.165) is 0 Å². The van der Waals surface area contributed by atoms with Gasteiger partial charge in [0.05, 0.1) is 0 Å². The topological polar surface area (TPSA) is 0 Å². The van der Waals surface area contributed by atoms with E-state index < -0.39 is 0 Å². The molecule has 0 bridgehead atoms. The number of hydrogen-bond acceptors (Lipinski definition) is 0. The minimum atomic E-state index is -0.157. The van der Waals surface area contributed by atoms with Crippen molar-refractivity contribution in [3.8, 4) is 66.8 Å². The first-order valence-corrected chi connectivity index (χ1v) is 26.9. The predicted octanol–water partition coefficient (Wildman–Crippen LogP) is 20.5. The summed E-state index contributed by atoms with van der Waals surface area (Å²) in [6.07, 6.45) is 0. The molecule has 0 amide bonds. The second-order valence-electron chi connectivity index (χ2n) is 23.6. The molecule has 0 spiro atoms. The molecular weight excluding hydrogens is 901 g/mol. The number of hydrogen-bond donors (Lipinski definition) is 0. The van der Waals surface area contributed by atoms with Gasteiger partial charge in [0, 0.05) is 16.2 Å². The van der Waals surface area contributed by atoms with E-state index in [0.29, 0.717) is 0 Å². The van der Waals surface area contributed by atoms with Crippen LogP contribution in [0.25, 0.3) is 131 Å². The average molecular weight is 955 g/mol. The van der Waals surface area contributed by atoms with Gasteiger partial charge in [0.1, 0.15) is 0 Å². The van der Waals surface area contributed by atoms with Crippen LogP contribution in [0, 0.1) is 0 Å². The predicted molar refractivity (Wildman–Crippen MR) is 320 cm³/mol. The van der Waals surface area contributed by atoms with Gasteiger partial charge in [0.25, 0.3) is 0 Å². The molecule has 0 saturated heterocycles. The van der Waals surface area contributed by atoms with E-state index in [2.05, 4.69) is 260 Å². The van der Waals surface area contributed by atoms with Gasteiger partial charge in [0.2, 0.25) is 0 Å². The quantitative estimate of drug-likeness (QED) is 0.155. The molecule has 13 aromatic carbocycles. The van der Waals surface area contributed by atoms with E-state index in [1.54, 1.807) is 0 Å². The van der Waals surface area contributed by atoms with Crippen LogP contribution in [0.5, 0.6) is 0 Å². The lowest BCUT2D eigenvalue weighted by Gasteiger charge is -2.24. The summed E-state index contributed by atoms with van der Waals surface area (Å²) in [5, 5.41) is 15.9. The van der Waals surface area contributed by atoms with Crippen LogP contribution >= 0.6 is 0 Å². The SMILES string of the molecule is CC1(C)c2cc(-c3ccc(-c4ccc5c(c4)C(C)(C)c4cc6c7ccccc7c7ccccc7c6cc4-5)cc3)ccc2-c2ccc(-c3ccc4c(c3)C(C)(C)c3cc5c6ccccc6c6ccccc6c5cc3-4)cc21. The Hall–Kier alpha value is -8.58. The highest BCUT2D eigenvalue weighted by molar-refractivity contribution is 6.27. The molecule has 16 rings (SSSR count). The Morgan fingerprint density at radius 3 is 0.653 bits per heavy atom. The maximum Gasteiger partial charge on any atom is 0.0159 e. The molecule has 0 N–H and O–H groups in total. The normalized spacial score (nSPS) is 15.1. The fourth-order valence-corrected chi connectivity index (χ4v) is 14.6. The smallest absolute Gasteiger partial charge is 0.0159 e. The van der Waals surface area contributed by atoms with Gasteiger partial charge in [-0.3, -0.25) is 0 Å². The molecule has 0 heterocycles. The van der Waals surface area contributed by atoms with E-state index >= 15 is 0 Å². The Bertz CT molecular complexity index is 4710. The van der Waals surface area contributed by atoms with Gasteiger partial charge in [-0.05, 0) is 213 Å². The van der Waals surface area contributed by atoms with Crippen LogP contribution in [0.4, 0.5) is 0 Å². The van der Waals surface area contributed by atoms with Crippen molar-refractivity contribution < 1.29 is 0 Å². The Morgan fingerprint density at radius 1 is 0.173 bits per heavy atom. The van der Waals surface area contributed by atoms with Gasteiger partial charge in [-0.25, -0.2) is 0 Å². The average Bonchev–Trinajstić information content (AvgIpc) is 3.98. The van der Waals surface area contributed by atoms with Gasteiger partial charge < -0.3 is 0 Å². The van der Waals surface area contributed by atoms with Crippen molar-refractivity contribution in [3.63, 3.8) is 0 Å². The molecule has 0 fully saturated rings. The molecule has 3 aliphatic rings. The van der Waals surface area contributed by atoms with Crippen LogP contribution in [0.15, 0.2) is 218 Å². The standard InChI is InChI=1S/C75H54/c1-73(2)67-35-45(43-23-25-44(26-24-43)46-28-33-59-65-39-61-53-19-11-7-15-49(53)51-17-9-13-21-55(51)63(61)41-71(65)74(3,4)69(59)36-46)27-31-57(67)58-32-29-47(37-68(58)73)48-30-34-60-66-40-62-54-20-12-8-16-50(54)52-18-10-14-22-56(52)64(62)42-72(66)75(5,6)70(60)38-48/h7-42H,1-6H3. The summed E-state index contributed by atoms with van der Waals surface area (Å²) in [6, 6.07) is 83.7. The molecule has 0 saturated carbocycles. The molecule has 0 unspecified atom stereocenters. The minimum absolute atomic E-state index is 0.135. The van der Waals surface area contributed by atoms with Gasteiger partial charge in [-0.15, -0.1) is 0 Å². The summed E-state index contributed by atoms with van der Waals surface area (Å²) in [7, 11) is 0. The third kappa shape index (κ3) is 5.78. The van der Waals surface area contributed by atoms with Gasteiger partial charge in [-0.1, -0.05) is 211 Å². The van der Waals surface area contributed by atoms with E-state index in [1.165, 1.54) is 165 Å². The van der Waals surface area contributed by atoms with Crippen LogP contribution in [-0.2, 0) is 16.2 Å². The summed E-state index contributed by atoms with van der Waals surface area (Å²) in [5.74, 6) is 0. The Kier molecular flexibility index (Phi) is 8.46. The maximum atomic E-state index is 2.51. The van der Waals surface area contributed by atoms with Gasteiger partial charge in [0.15, 0.2) is 0 Å². The minimum Gasteiger partial charge on any atom is -0.0616 e. The van der Waals surface area contributed by atoms with E-state index in [9.17, 15) is 0 Å². The fourth-order valence-electron chi connectivity index (χ4n) is 14.6. The van der Waals surface area contributed by atoms with Crippen molar-refractivity contribution in [3.05, 3.63) is 252 Å². The summed E-state index contributed by atoms with van der Waals surface area (Å²) < 4.78 is 0. The second-order valence-corrected chi connectivity index (χ2v) is 23.6. The molecule has 0 heteroatoms. The van der Waals surface area contributed by atoms with Crippen molar-refractivity contribution in [2.75, 3.05) is 0 Å². The third-order valence-electron chi connectivity index (χ3n) is 18.6. The molecule has 354 valence electrons. The van der Waals surface area contributed by atoms with Crippen molar-refractivity contribution in [2.24, 2.45) is 0 Å². The highest BCUT2D eigenvalue weighted by Crippen LogP contribution is 2.56. The molecule has 3 aliphatic carbocycles. The second kappa shape index (κ2) is 14.8. The van der Waals surface area contributed by atoms with Crippen LogP contribution in [0.3, 0.4) is 0 Å². The van der Waals surface area contributed by atoms with Crippen molar-refractivity contribution in [1.29, 1.82) is 0 Å². The van der Waals surface area contributed by atoms with Crippen LogP contribution in [0.2, 0.25) is 0 Å². The summed E-state index contributed by atoms with van der Waals surface area (Å²) in [6.45, 7) is 14.5. The highest BCUT2D eigenvalue weighted by atomic mass is 14.4. The zero-order valence-electron chi connectivity index (χ0n) is 43.3. The summed E-state index contributed by atoms with van der Waals surface area (Å²) in [4.78, 5) is 0. The third-order valence-corrected chi connectivity index (χ3v) is 18.6. The number of benzene rings is 13. The molecular formula is C75H54. The molecule has 0 radical (unpaired) electrons. The van der Waals surface area contributed by atoms with Crippen LogP contribution < -0.4 is 0 Å². The first kappa shape index (κ1) is 42.9. The van der Waals surface area contributed by atoms with E-state index in [-0.39, 0.29) is 16.2 Å². The van der Waals surface area contributed by atoms with Crippen molar-refractivity contribution in [1.82, 2.24) is 0 Å². The van der Waals surface area contributed by atoms with Crippen LogP contribution in [-0.4, -0.2) is 0 Å². The lowest BCUT2D eigenvalue weighted by atomic mass is 9.79. The van der Waals surface area contributed by atoms with E-state index in [4.69, 9.17) is 0 Å². The molecule has 0 nitrogen and oxygen atoms in total. The number of rotatable bonds is 3. The van der Waals surface area contributed by atoms with E-state index in [1.807, 2.05) is 0 Å². The van der Waals surface area contributed by atoms with Crippen molar-refractivity contribution in [2.45, 2.75) is 57.8 Å². The first-order valence-electron chi connectivity index (χ1n) is 26.9. The largest absolute Gasteiger partial charge is 0.0616 e. The Labute approximate surface area is 438 Å². The fraction of sp³-hybridized carbons (Fsp3) is 0.120. The van der Waals surface area contributed by atoms with Crippen molar-refractivity contribution >= 4 is 64.6 Å². The van der Waals surface area contributed by atoms with Gasteiger partial charge in [-0.2, -0.15) is 0 Å². The summed E-state index contributed by atoms with van der Waals surface area (Å²) in [5.41, 5.74) is 23.6. The molecule has 75 heavy (non-hydrogen) atoms. The van der Waals surface area contributed by atoms with Crippen LogP contribution in [0.1, 0.15) is 74.9 Å². The molecule has 0 aromatic heterocycles.